The molecule has 2 aliphatic carbocycles. The Kier molecular flexibility index (Phi) is 2.78. The second-order valence-electron chi connectivity index (χ2n) is 6.69. The number of rotatable bonds is 4. The van der Waals surface area contributed by atoms with E-state index in [9.17, 15) is 9.18 Å². The number of methoxy groups -OCH3 is 1. The monoisotopic (exact) mass is 289 g/mol. The SMILES string of the molecule is COc1c(F)cccc1CC1CCCN1C(=O)C12CC1C2. The molecule has 4 heteroatoms. The summed E-state index contributed by atoms with van der Waals surface area (Å²) in [6.45, 7) is 0.857. The molecule has 3 nitrogen and oxygen atoms in total. The highest BCUT2D eigenvalue weighted by Crippen LogP contribution is 2.76. The number of likely N-dealkylation sites (tertiary alicyclic amines) is 1. The minimum Gasteiger partial charge on any atom is -0.493 e. The van der Waals surface area contributed by atoms with E-state index in [1.807, 2.05) is 6.07 Å². The Morgan fingerprint density at radius 2 is 2.24 bits per heavy atom. The highest BCUT2D eigenvalue weighted by atomic mass is 19.1. The minimum absolute atomic E-state index is 0.0363. The smallest absolute Gasteiger partial charge is 0.229 e. The summed E-state index contributed by atoms with van der Waals surface area (Å²) < 4.78 is 19.0. The van der Waals surface area contributed by atoms with Crippen LogP contribution in [0.1, 0.15) is 31.2 Å². The number of hydrogen-bond donors (Lipinski definition) is 0. The van der Waals surface area contributed by atoms with Crippen molar-refractivity contribution in [2.24, 2.45) is 11.3 Å². The average Bonchev–Trinajstić information content (AvgIpc) is 3.28. The van der Waals surface area contributed by atoms with Crippen LogP contribution in [0.2, 0.25) is 0 Å². The lowest BCUT2D eigenvalue weighted by molar-refractivity contribution is -0.135. The molecule has 4 rings (SSSR count). The molecule has 1 atom stereocenters. The van der Waals surface area contributed by atoms with Crippen LogP contribution >= 0.6 is 0 Å². The molecule has 0 spiro atoms. The largest absolute Gasteiger partial charge is 0.493 e. The van der Waals surface area contributed by atoms with Gasteiger partial charge in [-0.3, -0.25) is 4.79 Å². The summed E-state index contributed by atoms with van der Waals surface area (Å²) in [5.74, 6) is 1.03. The van der Waals surface area contributed by atoms with Gasteiger partial charge in [-0.15, -0.1) is 0 Å². The van der Waals surface area contributed by atoms with Crippen LogP contribution in [0.25, 0.3) is 0 Å². The molecule has 1 aromatic rings. The van der Waals surface area contributed by atoms with Gasteiger partial charge in [0.2, 0.25) is 5.91 Å². The van der Waals surface area contributed by atoms with Crippen molar-refractivity contribution in [3.8, 4) is 5.75 Å². The molecule has 1 heterocycles. The molecule has 0 aromatic heterocycles. The summed E-state index contributed by atoms with van der Waals surface area (Å²) in [5.41, 5.74) is 0.900. The third-order valence-electron chi connectivity index (χ3n) is 5.45. The Morgan fingerprint density at radius 1 is 1.48 bits per heavy atom. The van der Waals surface area contributed by atoms with Gasteiger partial charge in [0.1, 0.15) is 0 Å². The van der Waals surface area contributed by atoms with Gasteiger partial charge >= 0.3 is 0 Å². The van der Waals surface area contributed by atoms with Crippen LogP contribution in [0.5, 0.6) is 5.75 Å². The van der Waals surface area contributed by atoms with Gasteiger partial charge in [0, 0.05) is 12.6 Å². The summed E-state index contributed by atoms with van der Waals surface area (Å²) in [6.07, 6.45) is 4.94. The van der Waals surface area contributed by atoms with E-state index in [2.05, 4.69) is 4.90 Å². The van der Waals surface area contributed by atoms with Crippen molar-refractivity contribution in [1.82, 2.24) is 4.90 Å². The molecule has 1 aliphatic heterocycles. The first-order valence-electron chi connectivity index (χ1n) is 7.78. The molecule has 0 bridgehead atoms. The molecule has 1 unspecified atom stereocenters. The highest BCUT2D eigenvalue weighted by Gasteiger charge is 2.75. The van der Waals surface area contributed by atoms with Crippen LogP contribution in [-0.2, 0) is 11.2 Å². The van der Waals surface area contributed by atoms with E-state index < -0.39 is 0 Å². The van der Waals surface area contributed by atoms with Gasteiger partial charge in [-0.25, -0.2) is 4.39 Å². The molecule has 112 valence electrons. The van der Waals surface area contributed by atoms with Gasteiger partial charge in [0.25, 0.3) is 0 Å². The fourth-order valence-electron chi connectivity index (χ4n) is 3.85. The van der Waals surface area contributed by atoms with Gasteiger partial charge in [0.15, 0.2) is 11.6 Å². The van der Waals surface area contributed by atoms with Crippen molar-refractivity contribution in [3.05, 3.63) is 29.6 Å². The molecule has 2 saturated carbocycles. The Hall–Kier alpha value is -1.58. The van der Waals surface area contributed by atoms with Crippen molar-refractivity contribution in [3.63, 3.8) is 0 Å². The third-order valence-corrected chi connectivity index (χ3v) is 5.45. The summed E-state index contributed by atoms with van der Waals surface area (Å²) in [7, 11) is 1.50. The predicted molar refractivity (Wildman–Crippen MR) is 76.5 cm³/mol. The van der Waals surface area contributed by atoms with Crippen molar-refractivity contribution in [1.29, 1.82) is 0 Å². The second-order valence-corrected chi connectivity index (χ2v) is 6.69. The number of carbonyl (C=O) groups is 1. The van der Waals surface area contributed by atoms with Crippen molar-refractivity contribution in [2.45, 2.75) is 38.1 Å². The molecular formula is C17H20FNO2. The van der Waals surface area contributed by atoms with Crippen LogP contribution < -0.4 is 4.74 Å². The van der Waals surface area contributed by atoms with E-state index >= 15 is 0 Å². The molecule has 1 amide bonds. The molecule has 3 fully saturated rings. The van der Waals surface area contributed by atoms with E-state index in [4.69, 9.17) is 4.74 Å². The third kappa shape index (κ3) is 1.95. The number of benzene rings is 1. The average molecular weight is 289 g/mol. The van der Waals surface area contributed by atoms with E-state index in [1.54, 1.807) is 6.07 Å². The maximum absolute atomic E-state index is 13.8. The molecule has 0 radical (unpaired) electrons. The van der Waals surface area contributed by atoms with Gasteiger partial charge < -0.3 is 9.64 Å². The molecule has 1 saturated heterocycles. The zero-order chi connectivity index (χ0) is 14.6. The van der Waals surface area contributed by atoms with Crippen LogP contribution in [0, 0.1) is 17.2 Å². The summed E-state index contributed by atoms with van der Waals surface area (Å²) >= 11 is 0. The number of halogens is 1. The van der Waals surface area contributed by atoms with Crippen LogP contribution in [0.15, 0.2) is 18.2 Å². The standard InChI is InChI=1S/C17H20FNO2/c1-21-15-11(4-2-6-14(15)18)8-13-5-3-7-19(13)16(20)17-9-12(17)10-17/h2,4,6,12-13H,3,5,7-10H2,1H3. The normalized spacial score (nSPS) is 32.8. The van der Waals surface area contributed by atoms with E-state index in [-0.39, 0.29) is 17.3 Å². The first-order chi connectivity index (χ1) is 10.2. The Balaban J connectivity index is 1.53. The van der Waals surface area contributed by atoms with Crippen molar-refractivity contribution >= 4 is 5.91 Å². The summed E-state index contributed by atoms with van der Waals surface area (Å²) in [5, 5.41) is 0. The zero-order valence-corrected chi connectivity index (χ0v) is 12.3. The lowest BCUT2D eigenvalue weighted by Crippen LogP contribution is -2.39. The Bertz CT molecular complexity index is 594. The first kappa shape index (κ1) is 13.1. The van der Waals surface area contributed by atoms with Gasteiger partial charge in [0.05, 0.1) is 12.5 Å². The van der Waals surface area contributed by atoms with Gasteiger partial charge in [-0.05, 0) is 49.7 Å². The van der Waals surface area contributed by atoms with Crippen molar-refractivity contribution in [2.75, 3.05) is 13.7 Å². The Morgan fingerprint density at radius 3 is 2.90 bits per heavy atom. The fraction of sp³-hybridized carbons (Fsp3) is 0.588. The number of nitrogens with zero attached hydrogens (tertiary/aromatic N) is 1. The maximum Gasteiger partial charge on any atom is 0.229 e. The summed E-state index contributed by atoms with van der Waals surface area (Å²) in [6, 6.07) is 5.23. The number of ether oxygens (including phenoxy) is 1. The number of fused-ring (bicyclic) bond motifs is 1. The van der Waals surface area contributed by atoms with Crippen molar-refractivity contribution < 1.29 is 13.9 Å². The lowest BCUT2D eigenvalue weighted by Gasteiger charge is -2.27. The van der Waals surface area contributed by atoms with E-state index in [1.165, 1.54) is 13.2 Å². The molecule has 1 aromatic carbocycles. The maximum atomic E-state index is 13.8. The van der Waals surface area contributed by atoms with E-state index in [0.29, 0.717) is 24.0 Å². The molecular weight excluding hydrogens is 269 g/mol. The number of hydrogen-bond acceptors (Lipinski definition) is 2. The summed E-state index contributed by atoms with van der Waals surface area (Å²) in [4.78, 5) is 14.7. The number of carbonyl (C=O) groups excluding carboxylic acids is 1. The Labute approximate surface area is 124 Å². The molecule has 21 heavy (non-hydrogen) atoms. The van der Waals surface area contributed by atoms with Crippen LogP contribution in [0.4, 0.5) is 4.39 Å². The molecule has 0 N–H and O–H groups in total. The van der Waals surface area contributed by atoms with Crippen LogP contribution in [0.3, 0.4) is 0 Å². The quantitative estimate of drug-likeness (QED) is 0.853. The highest BCUT2D eigenvalue weighted by molar-refractivity contribution is 5.90. The zero-order valence-electron chi connectivity index (χ0n) is 12.3. The lowest BCUT2D eigenvalue weighted by atomic mass is 10.0. The number of amides is 1. The second kappa shape index (κ2) is 4.46. The predicted octanol–water partition coefficient (Wildman–Crippen LogP) is 2.78. The van der Waals surface area contributed by atoms with Crippen LogP contribution in [-0.4, -0.2) is 30.5 Å². The minimum atomic E-state index is -0.325. The van der Waals surface area contributed by atoms with Gasteiger partial charge in [-0.1, -0.05) is 12.1 Å². The first-order valence-corrected chi connectivity index (χ1v) is 7.78. The number of para-hydroxylation sites is 1. The van der Waals surface area contributed by atoms with E-state index in [0.717, 1.165) is 37.8 Å². The fourth-order valence-corrected chi connectivity index (χ4v) is 3.85. The molecule has 3 aliphatic rings. The van der Waals surface area contributed by atoms with Gasteiger partial charge in [-0.2, -0.15) is 0 Å². The topological polar surface area (TPSA) is 29.5 Å².